The number of fused-ring (bicyclic) bond motifs is 3. The van der Waals surface area contributed by atoms with Gasteiger partial charge in [-0.3, -0.25) is 10.1 Å². The zero-order valence-corrected chi connectivity index (χ0v) is 9.12. The third kappa shape index (κ3) is 1.45. The van der Waals surface area contributed by atoms with E-state index in [2.05, 4.69) is 0 Å². The summed E-state index contributed by atoms with van der Waals surface area (Å²) in [6.45, 7) is 0. The van der Waals surface area contributed by atoms with Crippen molar-refractivity contribution in [2.24, 2.45) is 0 Å². The lowest BCUT2D eigenvalue weighted by molar-refractivity contribution is -0.384. The van der Waals surface area contributed by atoms with Gasteiger partial charge in [-0.1, -0.05) is 18.2 Å². The van der Waals surface area contributed by atoms with E-state index in [-0.39, 0.29) is 5.69 Å². The first-order valence-corrected chi connectivity index (χ1v) is 5.27. The Morgan fingerprint density at radius 1 is 1.00 bits per heavy atom. The van der Waals surface area contributed by atoms with Crippen LogP contribution in [-0.2, 0) is 0 Å². The second kappa shape index (κ2) is 3.66. The lowest BCUT2D eigenvalue weighted by Gasteiger charge is -2.01. The van der Waals surface area contributed by atoms with Crippen LogP contribution in [0.25, 0.3) is 21.7 Å². The minimum atomic E-state index is -0.473. The summed E-state index contributed by atoms with van der Waals surface area (Å²) in [5.41, 5.74) is -0.113. The monoisotopic (exact) mass is 241 g/mol. The van der Waals surface area contributed by atoms with E-state index in [1.165, 1.54) is 18.2 Å². The molecule has 0 radical (unpaired) electrons. The molecule has 0 aliphatic rings. The highest BCUT2D eigenvalue weighted by Gasteiger charge is 2.11. The predicted molar refractivity (Wildman–Crippen MR) is 66.6 cm³/mol. The fourth-order valence-electron chi connectivity index (χ4n) is 1.98. The van der Waals surface area contributed by atoms with E-state index >= 15 is 0 Å². The SMILES string of the molecule is O=c1oc2ccc([N+](=O)[O-])cc2c2ccccc12. The van der Waals surface area contributed by atoms with E-state index in [9.17, 15) is 14.9 Å². The highest BCUT2D eigenvalue weighted by atomic mass is 16.6. The molecule has 0 unspecified atom stereocenters. The molecule has 0 N–H and O–H groups in total. The van der Waals surface area contributed by atoms with Gasteiger partial charge in [0.15, 0.2) is 0 Å². The van der Waals surface area contributed by atoms with Gasteiger partial charge in [0.25, 0.3) is 5.69 Å². The smallest absolute Gasteiger partial charge is 0.344 e. The van der Waals surface area contributed by atoms with Crippen molar-refractivity contribution < 1.29 is 9.34 Å². The number of nitro benzene ring substituents is 1. The third-order valence-corrected chi connectivity index (χ3v) is 2.81. The zero-order valence-electron chi connectivity index (χ0n) is 9.12. The van der Waals surface area contributed by atoms with Crippen LogP contribution in [0.15, 0.2) is 51.7 Å². The summed E-state index contributed by atoms with van der Waals surface area (Å²) in [6.07, 6.45) is 0. The van der Waals surface area contributed by atoms with Gasteiger partial charge in [-0.15, -0.1) is 0 Å². The van der Waals surface area contributed by atoms with Crippen molar-refractivity contribution in [3.63, 3.8) is 0 Å². The highest BCUT2D eigenvalue weighted by Crippen LogP contribution is 2.26. The van der Waals surface area contributed by atoms with Crippen LogP contribution in [0, 0.1) is 10.1 Å². The third-order valence-electron chi connectivity index (χ3n) is 2.81. The number of hydrogen-bond donors (Lipinski definition) is 0. The molecule has 0 amide bonds. The standard InChI is InChI=1S/C13H7NO4/c15-13-10-4-2-1-3-9(10)11-7-8(14(16)17)5-6-12(11)18-13/h1-7H. The molecule has 0 aliphatic carbocycles. The topological polar surface area (TPSA) is 73.3 Å². The molecule has 0 bridgehead atoms. The van der Waals surface area contributed by atoms with Crippen molar-refractivity contribution in [3.05, 3.63) is 63.0 Å². The van der Waals surface area contributed by atoms with Crippen LogP contribution >= 0.6 is 0 Å². The quantitative estimate of drug-likeness (QED) is 0.284. The van der Waals surface area contributed by atoms with Gasteiger partial charge >= 0.3 is 5.63 Å². The average molecular weight is 241 g/mol. The molecule has 5 nitrogen and oxygen atoms in total. The maximum atomic E-state index is 11.7. The lowest BCUT2D eigenvalue weighted by atomic mass is 10.1. The van der Waals surface area contributed by atoms with E-state index in [0.717, 1.165) is 0 Å². The van der Waals surface area contributed by atoms with Crippen LogP contribution in [0.4, 0.5) is 5.69 Å². The second-order valence-corrected chi connectivity index (χ2v) is 3.87. The van der Waals surface area contributed by atoms with Crippen LogP contribution in [0.2, 0.25) is 0 Å². The molecule has 1 heterocycles. The van der Waals surface area contributed by atoms with Crippen molar-refractivity contribution >= 4 is 27.4 Å². The molecule has 0 aliphatic heterocycles. The van der Waals surface area contributed by atoms with E-state index in [0.29, 0.717) is 21.7 Å². The number of non-ortho nitro benzene ring substituents is 1. The molecule has 2 aromatic carbocycles. The molecule has 3 aromatic rings. The van der Waals surface area contributed by atoms with Gasteiger partial charge in [-0.05, 0) is 12.1 Å². The summed E-state index contributed by atoms with van der Waals surface area (Å²) in [5, 5.41) is 12.4. The Bertz CT molecular complexity index is 835. The lowest BCUT2D eigenvalue weighted by Crippen LogP contribution is -1.99. The van der Waals surface area contributed by atoms with Crippen molar-refractivity contribution in [1.82, 2.24) is 0 Å². The summed E-state index contributed by atoms with van der Waals surface area (Å²) in [6, 6.07) is 11.1. The first kappa shape index (κ1) is 10.5. The summed E-state index contributed by atoms with van der Waals surface area (Å²) >= 11 is 0. The van der Waals surface area contributed by atoms with E-state index < -0.39 is 10.5 Å². The Balaban J connectivity index is 2.54. The zero-order chi connectivity index (χ0) is 12.7. The first-order valence-electron chi connectivity index (χ1n) is 5.27. The Morgan fingerprint density at radius 3 is 2.44 bits per heavy atom. The molecule has 5 heteroatoms. The molecule has 3 rings (SSSR count). The molecular weight excluding hydrogens is 234 g/mol. The Hall–Kier alpha value is -2.69. The van der Waals surface area contributed by atoms with Gasteiger partial charge in [0.1, 0.15) is 5.58 Å². The van der Waals surface area contributed by atoms with Crippen LogP contribution in [0.3, 0.4) is 0 Å². The van der Waals surface area contributed by atoms with Crippen LogP contribution in [0.1, 0.15) is 0 Å². The van der Waals surface area contributed by atoms with Crippen LogP contribution in [-0.4, -0.2) is 4.92 Å². The normalized spacial score (nSPS) is 10.9. The van der Waals surface area contributed by atoms with Gasteiger partial charge < -0.3 is 4.42 Å². The molecule has 1 aromatic heterocycles. The minimum absolute atomic E-state index is 0.0264. The number of rotatable bonds is 1. The maximum Gasteiger partial charge on any atom is 0.344 e. The number of hydrogen-bond acceptors (Lipinski definition) is 4. The van der Waals surface area contributed by atoms with Crippen molar-refractivity contribution in [2.75, 3.05) is 0 Å². The first-order chi connectivity index (χ1) is 8.66. The van der Waals surface area contributed by atoms with Gasteiger partial charge in [0.05, 0.1) is 10.3 Å². The van der Waals surface area contributed by atoms with Gasteiger partial charge in [-0.25, -0.2) is 4.79 Å². The summed E-state index contributed by atoms with van der Waals surface area (Å²) < 4.78 is 5.13. The number of nitro groups is 1. The Labute approximate surface area is 100 Å². The molecule has 18 heavy (non-hydrogen) atoms. The van der Waals surface area contributed by atoms with E-state index in [1.807, 2.05) is 0 Å². The molecule has 0 saturated carbocycles. The second-order valence-electron chi connectivity index (χ2n) is 3.87. The van der Waals surface area contributed by atoms with Gasteiger partial charge in [0.2, 0.25) is 0 Å². The minimum Gasteiger partial charge on any atom is -0.422 e. The molecule has 88 valence electrons. The van der Waals surface area contributed by atoms with Crippen molar-refractivity contribution in [2.45, 2.75) is 0 Å². The molecule has 0 saturated heterocycles. The number of benzene rings is 2. The Kier molecular flexibility index (Phi) is 2.13. The molecule has 0 atom stereocenters. The van der Waals surface area contributed by atoms with Crippen molar-refractivity contribution in [3.8, 4) is 0 Å². The molecule has 0 fully saturated rings. The Morgan fingerprint density at radius 2 is 1.72 bits per heavy atom. The van der Waals surface area contributed by atoms with E-state index in [4.69, 9.17) is 4.42 Å². The summed E-state index contributed by atoms with van der Waals surface area (Å²) in [5.74, 6) is 0. The maximum absolute atomic E-state index is 11.7. The molecule has 0 spiro atoms. The number of nitrogens with zero attached hydrogens (tertiary/aromatic N) is 1. The average Bonchev–Trinajstić information content (AvgIpc) is 2.38. The fourth-order valence-corrected chi connectivity index (χ4v) is 1.98. The van der Waals surface area contributed by atoms with E-state index in [1.54, 1.807) is 24.3 Å². The molecular formula is C13H7NO4. The predicted octanol–water partition coefficient (Wildman–Crippen LogP) is 2.85. The van der Waals surface area contributed by atoms with Crippen LogP contribution in [0.5, 0.6) is 0 Å². The highest BCUT2D eigenvalue weighted by molar-refractivity contribution is 6.04. The summed E-state index contributed by atoms with van der Waals surface area (Å²) in [7, 11) is 0. The summed E-state index contributed by atoms with van der Waals surface area (Å²) in [4.78, 5) is 22.0. The van der Waals surface area contributed by atoms with Crippen LogP contribution < -0.4 is 5.63 Å². The van der Waals surface area contributed by atoms with Gasteiger partial charge in [-0.2, -0.15) is 0 Å². The van der Waals surface area contributed by atoms with Gasteiger partial charge in [0, 0.05) is 22.9 Å². The fraction of sp³-hybridized carbons (Fsp3) is 0. The van der Waals surface area contributed by atoms with Crippen molar-refractivity contribution in [1.29, 1.82) is 0 Å². The largest absolute Gasteiger partial charge is 0.422 e.